The number of benzene rings is 2. The van der Waals surface area contributed by atoms with Crippen molar-refractivity contribution < 1.29 is 4.74 Å². The molecule has 2 heteroatoms. The fourth-order valence-electron chi connectivity index (χ4n) is 2.89. The Morgan fingerprint density at radius 1 is 1.00 bits per heavy atom. The molecule has 0 aromatic heterocycles. The van der Waals surface area contributed by atoms with Gasteiger partial charge in [-0.25, -0.2) is 0 Å². The monoisotopic (exact) mass is 283 g/mol. The molecule has 2 aromatic rings. The summed E-state index contributed by atoms with van der Waals surface area (Å²) in [5, 5.41) is 0. The molecule has 21 heavy (non-hydrogen) atoms. The maximum atomic E-state index is 6.66. The van der Waals surface area contributed by atoms with E-state index in [1.165, 1.54) is 22.3 Å². The zero-order chi connectivity index (χ0) is 15.6. The molecule has 1 atom stereocenters. The first kappa shape index (κ1) is 15.6. The van der Waals surface area contributed by atoms with Gasteiger partial charge >= 0.3 is 0 Å². The predicted molar refractivity (Wildman–Crippen MR) is 88.9 cm³/mol. The summed E-state index contributed by atoms with van der Waals surface area (Å²) in [6.45, 7) is 8.41. The average molecular weight is 283 g/mol. The molecule has 0 saturated carbocycles. The van der Waals surface area contributed by atoms with Crippen LogP contribution in [-0.4, -0.2) is 7.11 Å². The number of ether oxygens (including phenoxy) is 1. The first-order chi connectivity index (χ1) is 9.83. The van der Waals surface area contributed by atoms with Crippen molar-refractivity contribution in [2.24, 2.45) is 5.73 Å². The minimum atomic E-state index is -0.419. The van der Waals surface area contributed by atoms with E-state index in [0.29, 0.717) is 0 Å². The van der Waals surface area contributed by atoms with Crippen molar-refractivity contribution in [2.75, 3.05) is 7.11 Å². The summed E-state index contributed by atoms with van der Waals surface area (Å²) in [6.07, 6.45) is 0.752. The van der Waals surface area contributed by atoms with E-state index in [2.05, 4.69) is 58.0 Å². The molecule has 2 rings (SSSR count). The fourth-order valence-corrected chi connectivity index (χ4v) is 2.89. The van der Waals surface area contributed by atoms with E-state index in [0.717, 1.165) is 17.7 Å². The van der Waals surface area contributed by atoms with Gasteiger partial charge in [0.1, 0.15) is 5.75 Å². The van der Waals surface area contributed by atoms with Crippen LogP contribution < -0.4 is 10.5 Å². The second-order valence-electron chi connectivity index (χ2n) is 6.23. The third kappa shape index (κ3) is 3.45. The Labute approximate surface area is 127 Å². The predicted octanol–water partition coefficient (Wildman–Crippen LogP) is 4.04. The normalized spacial score (nSPS) is 13.8. The first-order valence-electron chi connectivity index (χ1n) is 7.33. The third-order valence-corrected chi connectivity index (χ3v) is 4.00. The summed E-state index contributed by atoms with van der Waals surface area (Å²) in [5.74, 6) is 0.905. The summed E-state index contributed by atoms with van der Waals surface area (Å²) in [5.41, 5.74) is 12.3. The Balaban J connectivity index is 2.41. The van der Waals surface area contributed by atoms with Crippen LogP contribution >= 0.6 is 0 Å². The average Bonchev–Trinajstić information content (AvgIpc) is 2.41. The lowest BCUT2D eigenvalue weighted by atomic mass is 9.83. The van der Waals surface area contributed by atoms with Gasteiger partial charge in [-0.15, -0.1) is 0 Å². The second-order valence-corrected chi connectivity index (χ2v) is 6.23. The molecule has 0 radical (unpaired) electrons. The molecule has 0 aliphatic heterocycles. The van der Waals surface area contributed by atoms with Crippen molar-refractivity contribution >= 4 is 0 Å². The molecular weight excluding hydrogens is 258 g/mol. The van der Waals surface area contributed by atoms with Crippen molar-refractivity contribution in [3.8, 4) is 5.75 Å². The van der Waals surface area contributed by atoms with E-state index in [1.807, 2.05) is 6.07 Å². The summed E-state index contributed by atoms with van der Waals surface area (Å²) < 4.78 is 5.48. The molecule has 112 valence electrons. The lowest BCUT2D eigenvalue weighted by Gasteiger charge is -2.28. The van der Waals surface area contributed by atoms with Gasteiger partial charge in [0.25, 0.3) is 0 Å². The Bertz CT molecular complexity index is 644. The van der Waals surface area contributed by atoms with Crippen LogP contribution in [0.4, 0.5) is 0 Å². The molecule has 0 aliphatic carbocycles. The van der Waals surface area contributed by atoms with E-state index < -0.39 is 5.54 Å². The molecule has 2 N–H and O–H groups in total. The Morgan fingerprint density at radius 3 is 2.29 bits per heavy atom. The largest absolute Gasteiger partial charge is 0.496 e. The minimum absolute atomic E-state index is 0.419. The van der Waals surface area contributed by atoms with Crippen molar-refractivity contribution in [3.63, 3.8) is 0 Å². The summed E-state index contributed by atoms with van der Waals surface area (Å²) in [7, 11) is 1.71. The van der Waals surface area contributed by atoms with Gasteiger partial charge in [-0.05, 0) is 56.9 Å². The van der Waals surface area contributed by atoms with Gasteiger partial charge in [0.2, 0.25) is 0 Å². The van der Waals surface area contributed by atoms with Crippen LogP contribution in [0.5, 0.6) is 5.75 Å². The molecular formula is C19H25NO. The van der Waals surface area contributed by atoms with Gasteiger partial charge < -0.3 is 10.5 Å². The highest BCUT2D eigenvalue weighted by Gasteiger charge is 2.25. The highest BCUT2D eigenvalue weighted by atomic mass is 16.5. The van der Waals surface area contributed by atoms with Gasteiger partial charge in [-0.2, -0.15) is 0 Å². The molecule has 0 amide bonds. The molecule has 0 fully saturated rings. The maximum absolute atomic E-state index is 6.66. The molecule has 0 heterocycles. The van der Waals surface area contributed by atoms with Crippen LogP contribution in [0.2, 0.25) is 0 Å². The van der Waals surface area contributed by atoms with Gasteiger partial charge in [0.05, 0.1) is 7.11 Å². The topological polar surface area (TPSA) is 35.2 Å². The van der Waals surface area contributed by atoms with Crippen LogP contribution in [0.1, 0.15) is 34.7 Å². The fraction of sp³-hybridized carbons (Fsp3) is 0.368. The van der Waals surface area contributed by atoms with Crippen molar-refractivity contribution in [1.29, 1.82) is 0 Å². The number of hydrogen-bond donors (Lipinski definition) is 1. The van der Waals surface area contributed by atoms with Gasteiger partial charge in [0.15, 0.2) is 0 Å². The minimum Gasteiger partial charge on any atom is -0.496 e. The van der Waals surface area contributed by atoms with Crippen LogP contribution in [0.3, 0.4) is 0 Å². The van der Waals surface area contributed by atoms with Gasteiger partial charge in [-0.1, -0.05) is 41.5 Å². The first-order valence-corrected chi connectivity index (χ1v) is 7.33. The number of hydrogen-bond acceptors (Lipinski definition) is 2. The number of aryl methyl sites for hydroxylation is 3. The van der Waals surface area contributed by atoms with E-state index in [4.69, 9.17) is 10.5 Å². The Morgan fingerprint density at radius 2 is 1.62 bits per heavy atom. The van der Waals surface area contributed by atoms with Crippen LogP contribution in [0.25, 0.3) is 0 Å². The highest BCUT2D eigenvalue weighted by Crippen LogP contribution is 2.30. The molecule has 0 aliphatic rings. The zero-order valence-electron chi connectivity index (χ0n) is 13.7. The Hall–Kier alpha value is -1.80. The quantitative estimate of drug-likeness (QED) is 0.919. The van der Waals surface area contributed by atoms with Crippen LogP contribution in [-0.2, 0) is 12.0 Å². The van der Waals surface area contributed by atoms with Gasteiger partial charge in [0, 0.05) is 5.54 Å². The molecule has 2 nitrogen and oxygen atoms in total. The van der Waals surface area contributed by atoms with E-state index in [1.54, 1.807) is 7.11 Å². The SMILES string of the molecule is COc1ccc(C)cc1CC(C)(N)c1cc(C)ccc1C. The molecule has 0 bridgehead atoms. The van der Waals surface area contributed by atoms with Crippen LogP contribution in [0.15, 0.2) is 36.4 Å². The van der Waals surface area contributed by atoms with Gasteiger partial charge in [-0.3, -0.25) is 0 Å². The zero-order valence-corrected chi connectivity index (χ0v) is 13.7. The smallest absolute Gasteiger partial charge is 0.122 e. The third-order valence-electron chi connectivity index (χ3n) is 4.00. The van der Waals surface area contributed by atoms with E-state index >= 15 is 0 Å². The summed E-state index contributed by atoms with van der Waals surface area (Å²) >= 11 is 0. The number of nitrogens with two attached hydrogens (primary N) is 1. The molecule has 2 aromatic carbocycles. The van der Waals surface area contributed by atoms with Crippen molar-refractivity contribution in [1.82, 2.24) is 0 Å². The molecule has 1 unspecified atom stereocenters. The lowest BCUT2D eigenvalue weighted by molar-refractivity contribution is 0.399. The molecule has 0 saturated heterocycles. The lowest BCUT2D eigenvalue weighted by Crippen LogP contribution is -2.36. The van der Waals surface area contributed by atoms with Crippen LogP contribution in [0, 0.1) is 20.8 Å². The van der Waals surface area contributed by atoms with Crippen molar-refractivity contribution in [3.05, 3.63) is 64.2 Å². The standard InChI is InChI=1S/C19H25NO/c1-13-7-9-18(21-5)16(10-13)12-19(4,20)17-11-14(2)6-8-15(17)3/h6-11H,12,20H2,1-5H3. The highest BCUT2D eigenvalue weighted by molar-refractivity contribution is 5.42. The number of rotatable bonds is 4. The van der Waals surface area contributed by atoms with E-state index in [9.17, 15) is 0 Å². The van der Waals surface area contributed by atoms with E-state index in [-0.39, 0.29) is 0 Å². The number of methoxy groups -OCH3 is 1. The Kier molecular flexibility index (Phi) is 4.38. The van der Waals surface area contributed by atoms with Crippen molar-refractivity contribution in [2.45, 2.75) is 39.7 Å². The summed E-state index contributed by atoms with van der Waals surface area (Å²) in [6, 6.07) is 12.7. The molecule has 0 spiro atoms. The maximum Gasteiger partial charge on any atom is 0.122 e. The second kappa shape index (κ2) is 5.90. The summed E-state index contributed by atoms with van der Waals surface area (Å²) in [4.78, 5) is 0.